The molecule has 1 fully saturated rings. The second-order valence-corrected chi connectivity index (χ2v) is 4.46. The van der Waals surface area contributed by atoms with Crippen LogP contribution in [0.25, 0.3) is 0 Å². The lowest BCUT2D eigenvalue weighted by Gasteiger charge is -2.36. The Kier molecular flexibility index (Phi) is 3.59. The molecule has 15 heavy (non-hydrogen) atoms. The molecule has 0 amide bonds. The van der Waals surface area contributed by atoms with Crippen LogP contribution in [0, 0.1) is 0 Å². The van der Waals surface area contributed by atoms with Gasteiger partial charge in [0.05, 0.1) is 19.3 Å². The largest absolute Gasteiger partial charge is 0.377 e. The van der Waals surface area contributed by atoms with Crippen LogP contribution in [0.1, 0.15) is 13.3 Å². The molecule has 1 atom stereocenters. The van der Waals surface area contributed by atoms with Crippen molar-refractivity contribution in [2.24, 2.45) is 0 Å². The second-order valence-electron chi connectivity index (χ2n) is 3.65. The normalized spacial score (nSPS) is 21.7. The molecule has 0 aromatic carbocycles. The highest BCUT2D eigenvalue weighted by atomic mass is 79.9. The summed E-state index contributed by atoms with van der Waals surface area (Å²) in [5.74, 6) is 1.04. The molecule has 82 valence electrons. The Morgan fingerprint density at radius 2 is 2.47 bits per heavy atom. The van der Waals surface area contributed by atoms with Crippen LogP contribution in [0.2, 0.25) is 0 Å². The summed E-state index contributed by atoms with van der Waals surface area (Å²) in [7, 11) is 0. The zero-order valence-corrected chi connectivity index (χ0v) is 10.4. The Balaban J connectivity index is 2.20. The molecular weight excluding hydrogens is 256 g/mol. The molecule has 0 bridgehead atoms. The first kappa shape index (κ1) is 10.9. The number of morpholine rings is 1. The molecule has 2 heterocycles. The Morgan fingerprint density at radius 1 is 1.60 bits per heavy atom. The molecule has 1 aliphatic heterocycles. The predicted molar refractivity (Wildman–Crippen MR) is 64.2 cm³/mol. The van der Waals surface area contributed by atoms with Gasteiger partial charge in [-0.2, -0.15) is 0 Å². The molecule has 0 aliphatic carbocycles. The van der Waals surface area contributed by atoms with E-state index in [1.54, 1.807) is 0 Å². The van der Waals surface area contributed by atoms with Gasteiger partial charge in [0.1, 0.15) is 10.4 Å². The quantitative estimate of drug-likeness (QED) is 0.773. The van der Waals surface area contributed by atoms with Crippen LogP contribution < -0.4 is 4.90 Å². The summed E-state index contributed by atoms with van der Waals surface area (Å²) in [5.41, 5.74) is 0. The summed E-state index contributed by atoms with van der Waals surface area (Å²) < 4.78 is 6.36. The van der Waals surface area contributed by atoms with Gasteiger partial charge in [0.25, 0.3) is 0 Å². The fraction of sp³-hybridized carbons (Fsp3) is 0.545. The number of nitrogens with zero attached hydrogens (tertiary/aromatic N) is 2. The van der Waals surface area contributed by atoms with Crippen molar-refractivity contribution in [3.05, 3.63) is 22.8 Å². The first-order chi connectivity index (χ1) is 7.31. The lowest BCUT2D eigenvalue weighted by molar-refractivity contribution is 0.0925. The van der Waals surface area contributed by atoms with Gasteiger partial charge in [0.2, 0.25) is 0 Å². The van der Waals surface area contributed by atoms with Crippen LogP contribution in [0.4, 0.5) is 5.82 Å². The van der Waals surface area contributed by atoms with E-state index in [4.69, 9.17) is 4.74 Å². The van der Waals surface area contributed by atoms with Gasteiger partial charge >= 0.3 is 0 Å². The number of ether oxygens (including phenoxy) is 1. The Labute approximate surface area is 98.6 Å². The van der Waals surface area contributed by atoms with Gasteiger partial charge in [-0.15, -0.1) is 0 Å². The van der Waals surface area contributed by atoms with Crippen LogP contribution >= 0.6 is 15.9 Å². The Bertz CT molecular complexity index is 332. The smallest absolute Gasteiger partial charge is 0.130 e. The lowest BCUT2D eigenvalue weighted by Crippen LogP contribution is -2.45. The van der Waals surface area contributed by atoms with E-state index >= 15 is 0 Å². The fourth-order valence-electron chi connectivity index (χ4n) is 1.85. The molecule has 0 unspecified atom stereocenters. The van der Waals surface area contributed by atoms with Crippen molar-refractivity contribution in [1.82, 2.24) is 4.98 Å². The van der Waals surface area contributed by atoms with Crippen LogP contribution in [0.5, 0.6) is 0 Å². The highest BCUT2D eigenvalue weighted by molar-refractivity contribution is 9.10. The standard InChI is InChI=1S/C11H15BrN2O/c1-2-9-8-15-7-6-14(9)11-5-3-4-10(12)13-11/h3-5,9H,2,6-8H2,1H3/t9-/m0/s1. The third-order valence-corrected chi connectivity index (χ3v) is 3.14. The van der Waals surface area contributed by atoms with Gasteiger partial charge in [0, 0.05) is 6.54 Å². The van der Waals surface area contributed by atoms with E-state index in [-0.39, 0.29) is 0 Å². The van der Waals surface area contributed by atoms with E-state index in [9.17, 15) is 0 Å². The molecule has 1 aromatic rings. The van der Waals surface area contributed by atoms with E-state index in [1.807, 2.05) is 12.1 Å². The molecule has 0 spiro atoms. The molecule has 4 heteroatoms. The molecule has 0 N–H and O–H groups in total. The Morgan fingerprint density at radius 3 is 3.20 bits per heavy atom. The maximum atomic E-state index is 5.47. The number of anilines is 1. The molecule has 1 aliphatic rings. The minimum atomic E-state index is 0.459. The first-order valence-corrected chi connectivity index (χ1v) is 6.07. The minimum Gasteiger partial charge on any atom is -0.377 e. The number of aromatic nitrogens is 1. The summed E-state index contributed by atoms with van der Waals surface area (Å²) in [6, 6.07) is 6.48. The maximum absolute atomic E-state index is 5.47. The number of rotatable bonds is 2. The van der Waals surface area contributed by atoms with Crippen LogP contribution in [0.15, 0.2) is 22.8 Å². The molecule has 2 rings (SSSR count). The molecule has 1 saturated heterocycles. The average molecular weight is 271 g/mol. The molecular formula is C11H15BrN2O. The zero-order valence-electron chi connectivity index (χ0n) is 8.82. The minimum absolute atomic E-state index is 0.459. The number of halogens is 1. The molecule has 0 saturated carbocycles. The van der Waals surface area contributed by atoms with Crippen molar-refractivity contribution in [2.75, 3.05) is 24.7 Å². The van der Waals surface area contributed by atoms with Crippen molar-refractivity contribution in [3.63, 3.8) is 0 Å². The maximum Gasteiger partial charge on any atom is 0.130 e. The number of pyridine rings is 1. The topological polar surface area (TPSA) is 25.4 Å². The number of hydrogen-bond acceptors (Lipinski definition) is 3. The van der Waals surface area contributed by atoms with Crippen LogP contribution in [-0.4, -0.2) is 30.8 Å². The van der Waals surface area contributed by atoms with Crippen LogP contribution in [-0.2, 0) is 4.74 Å². The Hall–Kier alpha value is -0.610. The fourth-order valence-corrected chi connectivity index (χ4v) is 2.19. The molecule has 1 aromatic heterocycles. The van der Waals surface area contributed by atoms with Crippen molar-refractivity contribution in [2.45, 2.75) is 19.4 Å². The summed E-state index contributed by atoms with van der Waals surface area (Å²) in [6.45, 7) is 4.72. The van der Waals surface area contributed by atoms with Crippen LogP contribution in [0.3, 0.4) is 0 Å². The average Bonchev–Trinajstić information content (AvgIpc) is 2.29. The SMILES string of the molecule is CC[C@H]1COCCN1c1cccc(Br)n1. The molecule has 0 radical (unpaired) electrons. The van der Waals surface area contributed by atoms with E-state index in [0.717, 1.165) is 36.6 Å². The lowest BCUT2D eigenvalue weighted by atomic mass is 10.2. The third kappa shape index (κ3) is 2.49. The summed E-state index contributed by atoms with van der Waals surface area (Å²) >= 11 is 3.40. The predicted octanol–water partition coefficient (Wildman–Crippen LogP) is 2.46. The van der Waals surface area contributed by atoms with Gasteiger partial charge < -0.3 is 9.64 Å². The van der Waals surface area contributed by atoms with E-state index in [2.05, 4.69) is 38.8 Å². The van der Waals surface area contributed by atoms with E-state index in [0.29, 0.717) is 6.04 Å². The van der Waals surface area contributed by atoms with Gasteiger partial charge in [-0.25, -0.2) is 4.98 Å². The van der Waals surface area contributed by atoms with Crippen molar-refractivity contribution < 1.29 is 4.74 Å². The zero-order chi connectivity index (χ0) is 10.7. The van der Waals surface area contributed by atoms with Gasteiger partial charge in [-0.3, -0.25) is 0 Å². The highest BCUT2D eigenvalue weighted by Gasteiger charge is 2.22. The van der Waals surface area contributed by atoms with Crippen molar-refractivity contribution in [1.29, 1.82) is 0 Å². The van der Waals surface area contributed by atoms with E-state index < -0.39 is 0 Å². The van der Waals surface area contributed by atoms with E-state index in [1.165, 1.54) is 0 Å². The van der Waals surface area contributed by atoms with Gasteiger partial charge in [-0.05, 0) is 34.5 Å². The van der Waals surface area contributed by atoms with Crippen molar-refractivity contribution in [3.8, 4) is 0 Å². The summed E-state index contributed by atoms with van der Waals surface area (Å²) in [6.07, 6.45) is 1.09. The highest BCUT2D eigenvalue weighted by Crippen LogP contribution is 2.20. The third-order valence-electron chi connectivity index (χ3n) is 2.69. The second kappa shape index (κ2) is 4.94. The summed E-state index contributed by atoms with van der Waals surface area (Å²) in [4.78, 5) is 6.81. The van der Waals surface area contributed by atoms with Gasteiger partial charge in [-0.1, -0.05) is 13.0 Å². The molecule has 3 nitrogen and oxygen atoms in total. The monoisotopic (exact) mass is 270 g/mol. The first-order valence-electron chi connectivity index (χ1n) is 5.28. The van der Waals surface area contributed by atoms with Crippen molar-refractivity contribution >= 4 is 21.7 Å². The number of hydrogen-bond donors (Lipinski definition) is 0. The van der Waals surface area contributed by atoms with Gasteiger partial charge in [0.15, 0.2) is 0 Å². The summed E-state index contributed by atoms with van der Waals surface area (Å²) in [5, 5.41) is 0.